The van der Waals surface area contributed by atoms with Crippen molar-refractivity contribution in [2.45, 2.75) is 56.6 Å². The molecule has 0 aliphatic rings. The molecule has 0 atom stereocenters. The van der Waals surface area contributed by atoms with E-state index >= 15 is 0 Å². The Balaban J connectivity index is 6.18. The van der Waals surface area contributed by atoms with Crippen LogP contribution in [0.2, 0.25) is 19.6 Å². The number of phosphoric ester groups is 1. The van der Waals surface area contributed by atoms with E-state index in [0.29, 0.717) is 0 Å². The highest BCUT2D eigenvalue weighted by Gasteiger charge is 2.65. The third-order valence-electron chi connectivity index (χ3n) is 2.04. The van der Waals surface area contributed by atoms with Crippen LogP contribution in [0.1, 0.15) is 0 Å². The minimum Gasteiger partial charge on any atom is -0.330 e. The van der Waals surface area contributed by atoms with Crippen molar-refractivity contribution >= 4 is 16.1 Å². The van der Waals surface area contributed by atoms with Gasteiger partial charge in [0, 0.05) is 0 Å². The summed E-state index contributed by atoms with van der Waals surface area (Å²) in [6.45, 7) is 2.66. The van der Waals surface area contributed by atoms with Crippen molar-refractivity contribution in [2.24, 2.45) is 0 Å². The van der Waals surface area contributed by atoms with E-state index in [9.17, 15) is 57.3 Å². The fraction of sp³-hybridized carbons (Fsp3) is 1.00. The quantitative estimate of drug-likeness (QED) is 0.273. The number of hydrogen-bond donors (Lipinski definition) is 0. The van der Waals surface area contributed by atoms with Gasteiger partial charge in [0.2, 0.25) is 0 Å². The second-order valence-electron chi connectivity index (χ2n) is 5.79. The highest BCUT2D eigenvalue weighted by atomic mass is 31.2. The topological polar surface area (TPSA) is 44.8 Å². The van der Waals surface area contributed by atoms with Crippen molar-refractivity contribution in [1.29, 1.82) is 0 Å². The van der Waals surface area contributed by atoms with Gasteiger partial charge in [-0.05, 0) is 19.6 Å². The molecule has 0 aliphatic heterocycles. The summed E-state index contributed by atoms with van der Waals surface area (Å²) in [6.07, 6.45) is -35.6. The van der Waals surface area contributed by atoms with E-state index in [1.807, 2.05) is 0 Å². The van der Waals surface area contributed by atoms with Crippen LogP contribution in [0, 0.1) is 0 Å². The Labute approximate surface area is 144 Å². The Morgan fingerprint density at radius 1 is 0.630 bits per heavy atom. The van der Waals surface area contributed by atoms with Crippen molar-refractivity contribution in [3.05, 3.63) is 0 Å². The maximum atomic E-state index is 12.5. The van der Waals surface area contributed by atoms with E-state index in [-0.39, 0.29) is 0 Å². The van der Waals surface area contributed by atoms with Gasteiger partial charge < -0.3 is 4.21 Å². The van der Waals surface area contributed by atoms with Crippen LogP contribution in [0.5, 0.6) is 0 Å². The van der Waals surface area contributed by atoms with E-state index < -0.39 is 53.1 Å². The molecule has 0 aromatic heterocycles. The van der Waals surface area contributed by atoms with Gasteiger partial charge in [-0.3, -0.25) is 9.05 Å². The number of rotatable bonds is 6. The molecule has 0 aliphatic carbocycles. The Morgan fingerprint density at radius 2 is 0.852 bits per heavy atom. The summed E-state index contributed by atoms with van der Waals surface area (Å²) >= 11 is 0. The molecule has 0 fully saturated rings. The van der Waals surface area contributed by atoms with Crippen molar-refractivity contribution in [3.8, 4) is 0 Å². The van der Waals surface area contributed by atoms with Gasteiger partial charge in [0.25, 0.3) is 12.2 Å². The van der Waals surface area contributed by atoms with E-state index in [0.717, 1.165) is 19.6 Å². The molecule has 0 bridgehead atoms. The fourth-order valence-electron chi connectivity index (χ4n) is 1.27. The van der Waals surface area contributed by atoms with Gasteiger partial charge in [-0.15, -0.1) is 0 Å². The summed E-state index contributed by atoms with van der Waals surface area (Å²) in [5.41, 5.74) is 0. The molecule has 0 aromatic rings. The summed E-state index contributed by atoms with van der Waals surface area (Å²) < 4.78 is 172. The van der Waals surface area contributed by atoms with Gasteiger partial charge >= 0.3 is 32.5 Å². The van der Waals surface area contributed by atoms with Gasteiger partial charge in [0.1, 0.15) is 0 Å². The zero-order valence-corrected chi connectivity index (χ0v) is 15.2. The zero-order valence-electron chi connectivity index (χ0n) is 13.3. The smallest absolute Gasteiger partial charge is 0.330 e. The van der Waals surface area contributed by atoms with Crippen LogP contribution in [0.4, 0.5) is 52.7 Å². The maximum Gasteiger partial charge on any atom is 0.466 e. The molecular weight excluding hydrogens is 459 g/mol. The largest absolute Gasteiger partial charge is 0.466 e. The Bertz CT molecular complexity index is 480. The predicted molar refractivity (Wildman–Crippen MR) is 66.0 cm³/mol. The van der Waals surface area contributed by atoms with Crippen LogP contribution in [0.25, 0.3) is 0 Å². The van der Waals surface area contributed by atoms with Gasteiger partial charge in [-0.1, -0.05) is 0 Å². The first-order valence-electron chi connectivity index (χ1n) is 6.33. The van der Waals surface area contributed by atoms with Crippen molar-refractivity contribution in [1.82, 2.24) is 0 Å². The number of halogens is 12. The van der Waals surface area contributed by atoms with Crippen molar-refractivity contribution < 1.29 is 70.5 Å². The van der Waals surface area contributed by atoms with Crippen LogP contribution >= 0.6 is 7.82 Å². The van der Waals surface area contributed by atoms with Gasteiger partial charge in [0.15, 0.2) is 8.32 Å². The van der Waals surface area contributed by atoms with Crippen LogP contribution in [0.15, 0.2) is 0 Å². The molecule has 4 nitrogen and oxygen atoms in total. The molecule has 0 saturated heterocycles. The second kappa shape index (κ2) is 7.72. The Kier molecular flexibility index (Phi) is 7.58. The fourth-order valence-corrected chi connectivity index (χ4v) is 5.34. The third-order valence-corrected chi connectivity index (χ3v) is 6.07. The average Bonchev–Trinajstić information content (AvgIpc) is 2.25. The molecule has 0 rings (SSSR count). The molecule has 0 spiro atoms. The molecule has 18 heteroatoms. The molecule has 0 amide bonds. The molecular formula is C9H11F12O4PSi. The molecule has 27 heavy (non-hydrogen) atoms. The normalized spacial score (nSPS) is 15.7. The standard InChI is InChI=1S/C9H11F12O4PSi/c1-27(2,3)25-26(22,23-4(6(10,11)12)7(13,14)15)24-5(8(16,17)18)9(19,20)21/h4-5H,1-3H3. The Hall–Kier alpha value is -0.513. The maximum absolute atomic E-state index is 12.5. The van der Waals surface area contributed by atoms with Crippen LogP contribution in [-0.4, -0.2) is 45.2 Å². The number of alkyl halides is 12. The third kappa shape index (κ3) is 9.02. The molecule has 0 saturated carbocycles. The molecule has 0 unspecified atom stereocenters. The van der Waals surface area contributed by atoms with Crippen molar-refractivity contribution in [2.75, 3.05) is 0 Å². The summed E-state index contributed by atoms with van der Waals surface area (Å²) in [7, 11) is -10.3. The monoisotopic (exact) mass is 470 g/mol. The summed E-state index contributed by atoms with van der Waals surface area (Å²) in [4.78, 5) is 0. The summed E-state index contributed by atoms with van der Waals surface area (Å²) in [6, 6.07) is 0. The lowest BCUT2D eigenvalue weighted by molar-refractivity contribution is -0.316. The first kappa shape index (κ1) is 26.5. The minimum absolute atomic E-state index is 0.888. The SMILES string of the molecule is C[Si](C)(C)OP(=O)(OC(C(F)(F)F)C(F)(F)F)OC(C(F)(F)F)C(F)(F)F. The number of phosphoric acid groups is 1. The van der Waals surface area contributed by atoms with E-state index in [4.69, 9.17) is 0 Å². The van der Waals surface area contributed by atoms with Gasteiger partial charge in [-0.2, -0.15) is 52.7 Å². The number of hydrogen-bond acceptors (Lipinski definition) is 4. The molecule has 0 radical (unpaired) electrons. The molecule has 0 N–H and O–H groups in total. The molecule has 0 aromatic carbocycles. The van der Waals surface area contributed by atoms with E-state index in [1.54, 1.807) is 0 Å². The first-order valence-corrected chi connectivity index (χ1v) is 11.2. The second-order valence-corrected chi connectivity index (χ2v) is 12.1. The lowest BCUT2D eigenvalue weighted by Crippen LogP contribution is -2.47. The summed E-state index contributed by atoms with van der Waals surface area (Å²) in [5.74, 6) is 0. The summed E-state index contributed by atoms with van der Waals surface area (Å²) in [5, 5.41) is 0. The van der Waals surface area contributed by atoms with E-state index in [2.05, 4.69) is 13.3 Å². The highest BCUT2D eigenvalue weighted by Crippen LogP contribution is 2.59. The highest BCUT2D eigenvalue weighted by molar-refractivity contribution is 7.50. The predicted octanol–water partition coefficient (Wildman–Crippen LogP) is 5.97. The molecule has 0 heterocycles. The minimum atomic E-state index is -6.66. The Morgan fingerprint density at radius 3 is 1.00 bits per heavy atom. The van der Waals surface area contributed by atoms with Crippen LogP contribution in [0.3, 0.4) is 0 Å². The van der Waals surface area contributed by atoms with Crippen LogP contribution in [-0.2, 0) is 17.8 Å². The first-order chi connectivity index (χ1) is 11.4. The van der Waals surface area contributed by atoms with Gasteiger partial charge in [0.05, 0.1) is 0 Å². The van der Waals surface area contributed by atoms with E-state index in [1.165, 1.54) is 0 Å². The molecule has 164 valence electrons. The lowest BCUT2D eigenvalue weighted by Gasteiger charge is -2.33. The van der Waals surface area contributed by atoms with Crippen molar-refractivity contribution in [3.63, 3.8) is 0 Å². The zero-order chi connectivity index (χ0) is 22.3. The lowest BCUT2D eigenvalue weighted by atomic mass is 10.3. The van der Waals surface area contributed by atoms with Gasteiger partial charge in [-0.25, -0.2) is 4.57 Å². The average molecular weight is 470 g/mol. The van der Waals surface area contributed by atoms with Crippen LogP contribution < -0.4 is 0 Å².